The summed E-state index contributed by atoms with van der Waals surface area (Å²) in [4.78, 5) is 4.22. The van der Waals surface area contributed by atoms with Crippen molar-refractivity contribution in [3.63, 3.8) is 0 Å². The van der Waals surface area contributed by atoms with E-state index in [1.807, 2.05) is 37.3 Å². The van der Waals surface area contributed by atoms with E-state index >= 15 is 0 Å². The Balaban J connectivity index is 2.45. The minimum atomic E-state index is 0.521. The molecule has 14 heavy (non-hydrogen) atoms. The Morgan fingerprint density at radius 2 is 2.36 bits per heavy atom. The van der Waals surface area contributed by atoms with Gasteiger partial charge in [-0.1, -0.05) is 18.2 Å². The molecule has 72 valence electrons. The number of benzene rings is 1. The normalized spacial score (nSPS) is 11.6. The van der Waals surface area contributed by atoms with Crippen LogP contribution in [0.4, 0.5) is 0 Å². The number of alkyl halides is 1. The molecule has 0 fully saturated rings. The summed E-state index contributed by atoms with van der Waals surface area (Å²) in [6.45, 7) is 1.84. The number of rotatable bonds is 2. The topological polar surface area (TPSA) is 26.0 Å². The zero-order valence-corrected chi connectivity index (χ0v) is 8.58. The van der Waals surface area contributed by atoms with E-state index in [1.54, 1.807) is 0 Å². The Labute approximate surface area is 87.2 Å². The standard InChI is InChI=1S/C11H10ClNO/c1-8-13-10-5-4-9(3-2-6-12)7-11(10)14-8/h2-5,7H,6H2,1H3. The van der Waals surface area contributed by atoms with Crippen molar-refractivity contribution >= 4 is 28.8 Å². The van der Waals surface area contributed by atoms with Crippen LogP contribution in [0.1, 0.15) is 11.5 Å². The van der Waals surface area contributed by atoms with Gasteiger partial charge in [-0.05, 0) is 17.7 Å². The highest BCUT2D eigenvalue weighted by Gasteiger charge is 2.00. The van der Waals surface area contributed by atoms with Crippen molar-refractivity contribution in [2.75, 3.05) is 5.88 Å². The first-order valence-electron chi connectivity index (χ1n) is 4.39. The Bertz CT molecular complexity index is 473. The van der Waals surface area contributed by atoms with Crippen molar-refractivity contribution in [2.45, 2.75) is 6.92 Å². The zero-order valence-electron chi connectivity index (χ0n) is 7.83. The summed E-state index contributed by atoms with van der Waals surface area (Å²) in [5.74, 6) is 1.21. The number of aromatic nitrogens is 1. The number of aryl methyl sites for hydroxylation is 1. The molecule has 1 aromatic carbocycles. The minimum absolute atomic E-state index is 0.521. The van der Waals surface area contributed by atoms with Gasteiger partial charge in [0.05, 0.1) is 0 Å². The fourth-order valence-corrected chi connectivity index (χ4v) is 1.43. The number of hydrogen-bond donors (Lipinski definition) is 0. The lowest BCUT2D eigenvalue weighted by Gasteiger charge is -1.91. The van der Waals surface area contributed by atoms with Crippen LogP contribution in [0.5, 0.6) is 0 Å². The first kappa shape index (κ1) is 9.28. The average molecular weight is 208 g/mol. The lowest BCUT2D eigenvalue weighted by atomic mass is 10.2. The molecule has 0 aliphatic rings. The fraction of sp³-hybridized carbons (Fsp3) is 0.182. The number of allylic oxidation sites excluding steroid dienone is 1. The van der Waals surface area contributed by atoms with Gasteiger partial charge in [-0.15, -0.1) is 11.6 Å². The number of halogens is 1. The molecule has 3 heteroatoms. The molecule has 0 aliphatic carbocycles. The van der Waals surface area contributed by atoms with Crippen molar-refractivity contribution in [2.24, 2.45) is 0 Å². The molecule has 0 amide bonds. The highest BCUT2D eigenvalue weighted by Crippen LogP contribution is 2.17. The third kappa shape index (κ3) is 1.80. The smallest absolute Gasteiger partial charge is 0.192 e. The molecule has 0 radical (unpaired) electrons. The van der Waals surface area contributed by atoms with Crippen LogP contribution in [0.25, 0.3) is 17.2 Å². The number of oxazole rings is 1. The van der Waals surface area contributed by atoms with E-state index in [0.717, 1.165) is 16.7 Å². The maximum Gasteiger partial charge on any atom is 0.192 e. The van der Waals surface area contributed by atoms with Gasteiger partial charge in [0.15, 0.2) is 11.5 Å². The lowest BCUT2D eigenvalue weighted by Crippen LogP contribution is -1.72. The van der Waals surface area contributed by atoms with Crippen molar-refractivity contribution in [3.8, 4) is 0 Å². The Kier molecular flexibility index (Phi) is 2.55. The van der Waals surface area contributed by atoms with Crippen LogP contribution in [0, 0.1) is 6.92 Å². The monoisotopic (exact) mass is 207 g/mol. The van der Waals surface area contributed by atoms with Gasteiger partial charge in [-0.25, -0.2) is 4.98 Å². The molecule has 0 bridgehead atoms. The maximum absolute atomic E-state index is 5.55. The summed E-state index contributed by atoms with van der Waals surface area (Å²) in [5, 5.41) is 0. The quantitative estimate of drug-likeness (QED) is 0.706. The van der Waals surface area contributed by atoms with Gasteiger partial charge in [-0.2, -0.15) is 0 Å². The Morgan fingerprint density at radius 1 is 1.50 bits per heavy atom. The summed E-state index contributed by atoms with van der Waals surface area (Å²) in [6, 6.07) is 5.89. The van der Waals surface area contributed by atoms with Gasteiger partial charge in [0.2, 0.25) is 0 Å². The van der Waals surface area contributed by atoms with Gasteiger partial charge >= 0.3 is 0 Å². The van der Waals surface area contributed by atoms with Gasteiger partial charge in [-0.3, -0.25) is 0 Å². The molecule has 1 aromatic heterocycles. The number of nitrogens with zero attached hydrogens (tertiary/aromatic N) is 1. The van der Waals surface area contributed by atoms with Crippen molar-refractivity contribution in [1.29, 1.82) is 0 Å². The molecule has 2 aromatic rings. The van der Waals surface area contributed by atoms with Crippen molar-refractivity contribution in [3.05, 3.63) is 35.7 Å². The Hall–Kier alpha value is -1.28. The number of fused-ring (bicyclic) bond motifs is 1. The van der Waals surface area contributed by atoms with E-state index < -0.39 is 0 Å². The molecule has 1 heterocycles. The molecule has 0 saturated heterocycles. The maximum atomic E-state index is 5.55. The van der Waals surface area contributed by atoms with Crippen molar-refractivity contribution < 1.29 is 4.42 Å². The first-order valence-corrected chi connectivity index (χ1v) is 4.93. The fourth-order valence-electron chi connectivity index (χ4n) is 1.34. The molecule has 0 atom stereocenters. The predicted molar refractivity (Wildman–Crippen MR) is 58.5 cm³/mol. The van der Waals surface area contributed by atoms with Gasteiger partial charge < -0.3 is 4.42 Å². The van der Waals surface area contributed by atoms with E-state index in [-0.39, 0.29) is 0 Å². The van der Waals surface area contributed by atoms with E-state index in [1.165, 1.54) is 0 Å². The van der Waals surface area contributed by atoms with E-state index in [0.29, 0.717) is 11.8 Å². The van der Waals surface area contributed by atoms with Crippen LogP contribution in [0.2, 0.25) is 0 Å². The third-order valence-corrected chi connectivity index (χ3v) is 2.10. The summed E-state index contributed by atoms with van der Waals surface area (Å²) in [6.07, 6.45) is 3.86. The summed E-state index contributed by atoms with van der Waals surface area (Å²) < 4.78 is 5.41. The summed E-state index contributed by atoms with van der Waals surface area (Å²) in [7, 11) is 0. The molecule has 0 saturated carbocycles. The van der Waals surface area contributed by atoms with Gasteiger partial charge in [0.1, 0.15) is 5.52 Å². The molecule has 2 nitrogen and oxygen atoms in total. The second-order valence-corrected chi connectivity index (χ2v) is 3.33. The van der Waals surface area contributed by atoms with Gasteiger partial charge in [0, 0.05) is 12.8 Å². The van der Waals surface area contributed by atoms with Crippen LogP contribution in [0.15, 0.2) is 28.7 Å². The third-order valence-electron chi connectivity index (χ3n) is 1.92. The van der Waals surface area contributed by atoms with Gasteiger partial charge in [0.25, 0.3) is 0 Å². The van der Waals surface area contributed by atoms with Crippen LogP contribution >= 0.6 is 11.6 Å². The minimum Gasteiger partial charge on any atom is -0.441 e. The van der Waals surface area contributed by atoms with Crippen LogP contribution in [-0.2, 0) is 0 Å². The average Bonchev–Trinajstić information content (AvgIpc) is 2.54. The molecule has 0 N–H and O–H groups in total. The molecule has 2 rings (SSSR count). The molecular weight excluding hydrogens is 198 g/mol. The Morgan fingerprint density at radius 3 is 3.14 bits per heavy atom. The molecule has 0 aliphatic heterocycles. The van der Waals surface area contributed by atoms with E-state index in [9.17, 15) is 0 Å². The van der Waals surface area contributed by atoms with E-state index in [2.05, 4.69) is 4.98 Å². The van der Waals surface area contributed by atoms with Crippen LogP contribution < -0.4 is 0 Å². The highest BCUT2D eigenvalue weighted by atomic mass is 35.5. The SMILES string of the molecule is Cc1nc2ccc(C=CCCl)cc2o1. The van der Waals surface area contributed by atoms with E-state index in [4.69, 9.17) is 16.0 Å². The molecule has 0 unspecified atom stereocenters. The highest BCUT2D eigenvalue weighted by molar-refractivity contribution is 6.19. The zero-order chi connectivity index (χ0) is 9.97. The number of hydrogen-bond acceptors (Lipinski definition) is 2. The second-order valence-electron chi connectivity index (χ2n) is 3.02. The summed E-state index contributed by atoms with van der Waals surface area (Å²) in [5.41, 5.74) is 2.79. The molecule has 0 spiro atoms. The first-order chi connectivity index (χ1) is 6.79. The second kappa shape index (κ2) is 3.84. The largest absolute Gasteiger partial charge is 0.441 e. The summed E-state index contributed by atoms with van der Waals surface area (Å²) >= 11 is 5.55. The van der Waals surface area contributed by atoms with Crippen LogP contribution in [0.3, 0.4) is 0 Å². The lowest BCUT2D eigenvalue weighted by molar-refractivity contribution is 0.561. The predicted octanol–water partition coefficient (Wildman–Crippen LogP) is 3.39. The van der Waals surface area contributed by atoms with Crippen LogP contribution in [-0.4, -0.2) is 10.9 Å². The van der Waals surface area contributed by atoms with Crippen molar-refractivity contribution in [1.82, 2.24) is 4.98 Å². The molecular formula is C11H10ClNO.